The fourth-order valence-corrected chi connectivity index (χ4v) is 2.47. The molecular weight excluding hydrogens is 263 g/mol. The molecule has 0 radical (unpaired) electrons. The summed E-state index contributed by atoms with van der Waals surface area (Å²) in [5.74, 6) is 0. The first-order valence-electron chi connectivity index (χ1n) is 5.68. The maximum Gasteiger partial charge on any atom is 0.0485 e. The van der Waals surface area contributed by atoms with Crippen LogP contribution in [0.2, 0.25) is 10.0 Å². The van der Waals surface area contributed by atoms with Crippen LogP contribution in [0.4, 0.5) is 0 Å². The van der Waals surface area contributed by atoms with Gasteiger partial charge in [0.2, 0.25) is 0 Å². The Kier molecular flexibility index (Phi) is 2.99. The Hall–Kier alpha value is -1.50. The highest BCUT2D eigenvalue weighted by Gasteiger charge is 2.05. The molecule has 0 nitrogen and oxygen atoms in total. The van der Waals surface area contributed by atoms with E-state index in [2.05, 4.69) is 30.3 Å². The van der Waals surface area contributed by atoms with Gasteiger partial charge in [-0.05, 0) is 40.6 Å². The van der Waals surface area contributed by atoms with E-state index in [0.29, 0.717) is 5.02 Å². The minimum atomic E-state index is 0.697. The first kappa shape index (κ1) is 11.6. The van der Waals surface area contributed by atoms with Gasteiger partial charge in [-0.25, -0.2) is 0 Å². The van der Waals surface area contributed by atoms with Crippen LogP contribution < -0.4 is 0 Å². The van der Waals surface area contributed by atoms with E-state index in [9.17, 15) is 0 Å². The molecule has 18 heavy (non-hydrogen) atoms. The van der Waals surface area contributed by atoms with E-state index >= 15 is 0 Å². The van der Waals surface area contributed by atoms with Gasteiger partial charge in [-0.15, -0.1) is 0 Å². The minimum absolute atomic E-state index is 0.697. The summed E-state index contributed by atoms with van der Waals surface area (Å²) in [7, 11) is 0. The van der Waals surface area contributed by atoms with Crippen LogP contribution in [-0.4, -0.2) is 0 Å². The van der Waals surface area contributed by atoms with Gasteiger partial charge < -0.3 is 0 Å². The smallest absolute Gasteiger partial charge is 0.0485 e. The third-order valence-corrected chi connectivity index (χ3v) is 3.55. The van der Waals surface area contributed by atoms with Gasteiger partial charge in [0.15, 0.2) is 0 Å². The van der Waals surface area contributed by atoms with Crippen molar-refractivity contribution in [2.45, 2.75) is 0 Å². The van der Waals surface area contributed by atoms with Crippen LogP contribution in [0.3, 0.4) is 0 Å². The minimum Gasteiger partial charge on any atom is -0.0843 e. The normalized spacial score (nSPS) is 10.8. The van der Waals surface area contributed by atoms with E-state index in [0.717, 1.165) is 16.1 Å². The van der Waals surface area contributed by atoms with Crippen molar-refractivity contribution in [3.8, 4) is 11.1 Å². The Labute approximate surface area is 116 Å². The van der Waals surface area contributed by atoms with Gasteiger partial charge in [0.1, 0.15) is 0 Å². The molecule has 0 saturated carbocycles. The topological polar surface area (TPSA) is 0 Å². The number of halogens is 2. The molecule has 0 aliphatic carbocycles. The molecule has 0 heterocycles. The molecule has 0 bridgehead atoms. The second-order valence-electron chi connectivity index (χ2n) is 4.19. The Balaban J connectivity index is 2.22. The van der Waals surface area contributed by atoms with Crippen LogP contribution in [0, 0.1) is 0 Å². The number of fused-ring (bicyclic) bond motifs is 1. The zero-order valence-corrected chi connectivity index (χ0v) is 11.0. The van der Waals surface area contributed by atoms with Crippen molar-refractivity contribution in [1.82, 2.24) is 0 Å². The van der Waals surface area contributed by atoms with Crippen LogP contribution in [-0.2, 0) is 0 Å². The summed E-state index contributed by atoms with van der Waals surface area (Å²) in [5, 5.41) is 3.84. The lowest BCUT2D eigenvalue weighted by atomic mass is 10.0. The standard InChI is InChI=1S/C16H10Cl2/c17-14-7-8-16(18)15(10-14)13-6-5-11-3-1-2-4-12(11)9-13/h1-10H. The number of hydrogen-bond donors (Lipinski definition) is 0. The summed E-state index contributed by atoms with van der Waals surface area (Å²) in [5.41, 5.74) is 2.05. The fraction of sp³-hybridized carbons (Fsp3) is 0. The van der Waals surface area contributed by atoms with Gasteiger partial charge >= 0.3 is 0 Å². The molecule has 0 fully saturated rings. The molecule has 3 aromatic rings. The van der Waals surface area contributed by atoms with Crippen molar-refractivity contribution in [2.75, 3.05) is 0 Å². The molecule has 0 N–H and O–H groups in total. The van der Waals surface area contributed by atoms with E-state index in [1.165, 1.54) is 10.8 Å². The molecular formula is C16H10Cl2. The van der Waals surface area contributed by atoms with Gasteiger partial charge in [-0.3, -0.25) is 0 Å². The largest absolute Gasteiger partial charge is 0.0843 e. The number of hydrogen-bond acceptors (Lipinski definition) is 0. The van der Waals surface area contributed by atoms with E-state index in [4.69, 9.17) is 23.2 Å². The van der Waals surface area contributed by atoms with E-state index in [1.54, 1.807) is 6.07 Å². The Morgan fingerprint density at radius 3 is 2.28 bits per heavy atom. The molecule has 0 aliphatic rings. The third kappa shape index (κ3) is 2.10. The summed E-state index contributed by atoms with van der Waals surface area (Å²) >= 11 is 12.2. The van der Waals surface area contributed by atoms with Gasteiger partial charge in [0.25, 0.3) is 0 Å². The van der Waals surface area contributed by atoms with Crippen LogP contribution in [0.25, 0.3) is 21.9 Å². The highest BCUT2D eigenvalue weighted by Crippen LogP contribution is 2.32. The van der Waals surface area contributed by atoms with Gasteiger partial charge in [-0.1, -0.05) is 59.6 Å². The average molecular weight is 273 g/mol. The third-order valence-electron chi connectivity index (χ3n) is 2.99. The van der Waals surface area contributed by atoms with Crippen LogP contribution in [0.1, 0.15) is 0 Å². The fourth-order valence-electron chi connectivity index (χ4n) is 2.08. The highest BCUT2D eigenvalue weighted by molar-refractivity contribution is 6.35. The molecule has 0 spiro atoms. The maximum atomic E-state index is 6.22. The van der Waals surface area contributed by atoms with Crippen molar-refractivity contribution >= 4 is 34.0 Å². The Bertz CT molecular complexity index is 717. The van der Waals surface area contributed by atoms with Crippen LogP contribution in [0.5, 0.6) is 0 Å². The lowest BCUT2D eigenvalue weighted by Gasteiger charge is -2.07. The SMILES string of the molecule is Clc1ccc(Cl)c(-c2ccc3ccccc3c2)c1. The van der Waals surface area contributed by atoms with E-state index in [-0.39, 0.29) is 0 Å². The average Bonchev–Trinajstić information content (AvgIpc) is 2.41. The van der Waals surface area contributed by atoms with Crippen molar-refractivity contribution in [1.29, 1.82) is 0 Å². The van der Waals surface area contributed by atoms with Gasteiger partial charge in [0.05, 0.1) is 0 Å². The molecule has 88 valence electrons. The second-order valence-corrected chi connectivity index (χ2v) is 5.03. The van der Waals surface area contributed by atoms with Crippen molar-refractivity contribution in [2.24, 2.45) is 0 Å². The molecule has 2 heteroatoms. The number of benzene rings is 3. The highest BCUT2D eigenvalue weighted by atomic mass is 35.5. The van der Waals surface area contributed by atoms with Gasteiger partial charge in [-0.2, -0.15) is 0 Å². The number of rotatable bonds is 1. The van der Waals surface area contributed by atoms with Crippen LogP contribution >= 0.6 is 23.2 Å². The molecule has 0 aromatic heterocycles. The van der Waals surface area contributed by atoms with Crippen molar-refractivity contribution in [3.63, 3.8) is 0 Å². The van der Waals surface area contributed by atoms with E-state index < -0.39 is 0 Å². The molecule has 0 amide bonds. The molecule has 3 aromatic carbocycles. The molecule has 0 aliphatic heterocycles. The van der Waals surface area contributed by atoms with Crippen LogP contribution in [0.15, 0.2) is 60.7 Å². The Morgan fingerprint density at radius 2 is 1.44 bits per heavy atom. The monoisotopic (exact) mass is 272 g/mol. The maximum absolute atomic E-state index is 6.22. The Morgan fingerprint density at radius 1 is 0.667 bits per heavy atom. The van der Waals surface area contributed by atoms with Crippen molar-refractivity contribution in [3.05, 3.63) is 70.7 Å². The molecule has 0 unspecified atom stereocenters. The quantitative estimate of drug-likeness (QED) is 0.524. The zero-order chi connectivity index (χ0) is 12.5. The lowest BCUT2D eigenvalue weighted by Crippen LogP contribution is -1.81. The van der Waals surface area contributed by atoms with Crippen molar-refractivity contribution < 1.29 is 0 Å². The first-order valence-corrected chi connectivity index (χ1v) is 6.44. The molecule has 0 atom stereocenters. The van der Waals surface area contributed by atoms with Gasteiger partial charge in [0, 0.05) is 15.6 Å². The zero-order valence-electron chi connectivity index (χ0n) is 9.53. The first-order chi connectivity index (χ1) is 8.74. The predicted molar refractivity (Wildman–Crippen MR) is 79.4 cm³/mol. The summed E-state index contributed by atoms with van der Waals surface area (Å²) in [6.45, 7) is 0. The summed E-state index contributed by atoms with van der Waals surface area (Å²) in [6, 6.07) is 20.1. The predicted octanol–water partition coefficient (Wildman–Crippen LogP) is 5.81. The van der Waals surface area contributed by atoms with E-state index in [1.807, 2.05) is 24.3 Å². The molecule has 3 rings (SSSR count). The molecule has 0 saturated heterocycles. The lowest BCUT2D eigenvalue weighted by molar-refractivity contribution is 1.64. The second kappa shape index (κ2) is 4.64. The summed E-state index contributed by atoms with van der Waals surface area (Å²) in [6.07, 6.45) is 0. The summed E-state index contributed by atoms with van der Waals surface area (Å²) in [4.78, 5) is 0. The summed E-state index contributed by atoms with van der Waals surface area (Å²) < 4.78 is 0.